The molecule has 0 unspecified atom stereocenters. The lowest BCUT2D eigenvalue weighted by atomic mass is 10.1. The van der Waals surface area contributed by atoms with Crippen molar-refractivity contribution in [3.63, 3.8) is 0 Å². The molecule has 28 heavy (non-hydrogen) atoms. The molecule has 2 rings (SSSR count). The molecule has 9 heteroatoms. The molecule has 0 saturated heterocycles. The zero-order chi connectivity index (χ0) is 20.5. The fraction of sp³-hybridized carbons (Fsp3) is 0.211. The number of hydrazone groups is 1. The van der Waals surface area contributed by atoms with Gasteiger partial charge in [0.15, 0.2) is 11.5 Å². The van der Waals surface area contributed by atoms with Crippen LogP contribution in [-0.2, 0) is 4.79 Å². The number of carbonyl (C=O) groups excluding carboxylic acids is 2. The minimum absolute atomic E-state index is 0.0906. The highest BCUT2D eigenvalue weighted by Crippen LogP contribution is 2.38. The van der Waals surface area contributed by atoms with E-state index in [1.165, 1.54) is 51.8 Å². The summed E-state index contributed by atoms with van der Waals surface area (Å²) in [5, 5.41) is 15.6. The maximum Gasteiger partial charge on any atom is 0.259 e. The number of hydrogen-bond donors (Lipinski definition) is 3. The normalized spacial score (nSPS) is 10.4. The molecule has 0 aromatic heterocycles. The second kappa shape index (κ2) is 9.81. The summed E-state index contributed by atoms with van der Waals surface area (Å²) < 4.78 is 15.6. The quantitative estimate of drug-likeness (QED) is 0.464. The minimum atomic E-state index is -0.516. The van der Waals surface area contributed by atoms with E-state index in [4.69, 9.17) is 14.2 Å². The highest BCUT2D eigenvalue weighted by molar-refractivity contribution is 5.97. The van der Waals surface area contributed by atoms with Gasteiger partial charge in [-0.05, 0) is 29.8 Å². The van der Waals surface area contributed by atoms with E-state index in [0.29, 0.717) is 22.8 Å². The van der Waals surface area contributed by atoms with Crippen molar-refractivity contribution < 1.29 is 28.9 Å². The molecule has 2 aromatic carbocycles. The molecule has 148 valence electrons. The number of carbonyl (C=O) groups is 2. The second-order valence-corrected chi connectivity index (χ2v) is 5.48. The van der Waals surface area contributed by atoms with Gasteiger partial charge in [-0.3, -0.25) is 9.59 Å². The molecule has 3 N–H and O–H groups in total. The molecule has 0 aliphatic heterocycles. The molecule has 0 atom stereocenters. The van der Waals surface area contributed by atoms with Crippen LogP contribution in [0.5, 0.6) is 23.0 Å². The highest BCUT2D eigenvalue weighted by Gasteiger charge is 2.17. The van der Waals surface area contributed by atoms with Crippen LogP contribution in [0.1, 0.15) is 15.9 Å². The summed E-state index contributed by atoms with van der Waals surface area (Å²) >= 11 is 0. The van der Waals surface area contributed by atoms with E-state index in [1.54, 1.807) is 12.1 Å². The lowest BCUT2D eigenvalue weighted by molar-refractivity contribution is -0.120. The SMILES string of the molecule is COc1cc(C(=O)NCC(=O)N/N=C/c2cccc(O)c2)cc(OC)c1OC. The third kappa shape index (κ3) is 5.37. The van der Waals surface area contributed by atoms with Gasteiger partial charge >= 0.3 is 0 Å². The van der Waals surface area contributed by atoms with Gasteiger partial charge in [-0.2, -0.15) is 5.10 Å². The lowest BCUT2D eigenvalue weighted by Gasteiger charge is -2.14. The van der Waals surface area contributed by atoms with Crippen molar-refractivity contribution in [3.8, 4) is 23.0 Å². The van der Waals surface area contributed by atoms with Crippen molar-refractivity contribution in [1.29, 1.82) is 0 Å². The summed E-state index contributed by atoms with van der Waals surface area (Å²) in [6.45, 7) is -0.285. The van der Waals surface area contributed by atoms with Crippen LogP contribution in [0, 0.1) is 0 Å². The number of amides is 2. The number of nitrogens with one attached hydrogen (secondary N) is 2. The average molecular weight is 387 g/mol. The number of ether oxygens (including phenoxy) is 3. The Morgan fingerprint density at radius 3 is 2.32 bits per heavy atom. The molecular weight excluding hydrogens is 366 g/mol. The summed E-state index contributed by atoms with van der Waals surface area (Å²) in [7, 11) is 4.34. The summed E-state index contributed by atoms with van der Waals surface area (Å²) in [6.07, 6.45) is 1.37. The Labute approximate surface area is 161 Å². The first-order valence-electron chi connectivity index (χ1n) is 8.17. The van der Waals surface area contributed by atoms with Gasteiger partial charge in [0.1, 0.15) is 5.75 Å². The molecule has 0 fully saturated rings. The number of rotatable bonds is 8. The summed E-state index contributed by atoms with van der Waals surface area (Å²) in [6, 6.07) is 9.33. The molecular formula is C19H21N3O6. The van der Waals surface area contributed by atoms with Crippen LogP contribution >= 0.6 is 0 Å². The number of phenols is 1. The number of nitrogens with zero attached hydrogens (tertiary/aromatic N) is 1. The van der Waals surface area contributed by atoms with Gasteiger partial charge < -0.3 is 24.6 Å². The number of phenolic OH excluding ortho intramolecular Hbond substituents is 1. The van der Waals surface area contributed by atoms with Gasteiger partial charge in [-0.15, -0.1) is 0 Å². The summed E-state index contributed by atoms with van der Waals surface area (Å²) in [4.78, 5) is 24.1. The number of aromatic hydroxyl groups is 1. The standard InChI is InChI=1S/C19H21N3O6/c1-26-15-8-13(9-16(27-2)18(15)28-3)19(25)20-11-17(24)22-21-10-12-5-4-6-14(23)7-12/h4-10,23H,11H2,1-3H3,(H,20,25)(H,22,24)/b21-10+. The second-order valence-electron chi connectivity index (χ2n) is 5.48. The molecule has 9 nitrogen and oxygen atoms in total. The largest absolute Gasteiger partial charge is 0.508 e. The van der Waals surface area contributed by atoms with Crippen LogP contribution in [0.2, 0.25) is 0 Å². The summed E-state index contributed by atoms with van der Waals surface area (Å²) in [5.74, 6) is 0.0938. The molecule has 0 radical (unpaired) electrons. The molecule has 0 aliphatic rings. The van der Waals surface area contributed by atoms with E-state index in [2.05, 4.69) is 15.8 Å². The zero-order valence-electron chi connectivity index (χ0n) is 15.7. The van der Waals surface area contributed by atoms with Gasteiger partial charge in [0, 0.05) is 5.56 Å². The smallest absolute Gasteiger partial charge is 0.259 e. The van der Waals surface area contributed by atoms with Gasteiger partial charge in [-0.25, -0.2) is 5.43 Å². The maximum atomic E-state index is 12.3. The van der Waals surface area contributed by atoms with E-state index in [9.17, 15) is 14.7 Å². The minimum Gasteiger partial charge on any atom is -0.508 e. The Kier molecular flexibility index (Phi) is 7.21. The first kappa shape index (κ1) is 20.6. The van der Waals surface area contributed by atoms with Gasteiger partial charge in [-0.1, -0.05) is 12.1 Å². The van der Waals surface area contributed by atoms with E-state index < -0.39 is 11.8 Å². The third-order valence-electron chi connectivity index (χ3n) is 3.61. The Hall–Kier alpha value is -3.75. The van der Waals surface area contributed by atoms with E-state index in [1.807, 2.05) is 0 Å². The van der Waals surface area contributed by atoms with Crippen molar-refractivity contribution in [2.45, 2.75) is 0 Å². The van der Waals surface area contributed by atoms with E-state index >= 15 is 0 Å². The van der Waals surface area contributed by atoms with Crippen LogP contribution in [0.15, 0.2) is 41.5 Å². The Morgan fingerprint density at radius 2 is 1.75 bits per heavy atom. The van der Waals surface area contributed by atoms with Gasteiger partial charge in [0.25, 0.3) is 11.8 Å². The van der Waals surface area contributed by atoms with Crippen LogP contribution in [0.25, 0.3) is 0 Å². The van der Waals surface area contributed by atoms with Crippen LogP contribution in [0.3, 0.4) is 0 Å². The van der Waals surface area contributed by atoms with Crippen LogP contribution < -0.4 is 25.0 Å². The van der Waals surface area contributed by atoms with E-state index in [-0.39, 0.29) is 17.9 Å². The number of benzene rings is 2. The topological polar surface area (TPSA) is 118 Å². The molecule has 0 saturated carbocycles. The Bertz CT molecular complexity index is 857. The molecule has 0 heterocycles. The number of hydrogen-bond acceptors (Lipinski definition) is 7. The predicted octanol–water partition coefficient (Wildman–Crippen LogP) is 1.30. The van der Waals surface area contributed by atoms with Crippen molar-refractivity contribution in [2.24, 2.45) is 5.10 Å². The lowest BCUT2D eigenvalue weighted by Crippen LogP contribution is -2.34. The van der Waals surface area contributed by atoms with Crippen molar-refractivity contribution in [2.75, 3.05) is 27.9 Å². The van der Waals surface area contributed by atoms with Crippen LogP contribution in [0.4, 0.5) is 0 Å². The fourth-order valence-electron chi connectivity index (χ4n) is 2.30. The predicted molar refractivity (Wildman–Crippen MR) is 102 cm³/mol. The van der Waals surface area contributed by atoms with Crippen LogP contribution in [-0.4, -0.2) is 51.0 Å². The Morgan fingerprint density at radius 1 is 1.07 bits per heavy atom. The monoisotopic (exact) mass is 387 g/mol. The third-order valence-corrected chi connectivity index (χ3v) is 3.61. The first-order valence-corrected chi connectivity index (χ1v) is 8.17. The molecule has 0 bridgehead atoms. The zero-order valence-corrected chi connectivity index (χ0v) is 15.7. The molecule has 2 aromatic rings. The van der Waals surface area contributed by atoms with Crippen molar-refractivity contribution >= 4 is 18.0 Å². The molecule has 0 spiro atoms. The fourth-order valence-corrected chi connectivity index (χ4v) is 2.30. The Balaban J connectivity index is 1.95. The van der Waals surface area contributed by atoms with Gasteiger partial charge in [0.2, 0.25) is 5.75 Å². The van der Waals surface area contributed by atoms with E-state index in [0.717, 1.165) is 0 Å². The maximum absolute atomic E-state index is 12.3. The first-order chi connectivity index (χ1) is 13.5. The molecule has 2 amide bonds. The summed E-state index contributed by atoms with van der Waals surface area (Å²) in [5.41, 5.74) is 3.14. The highest BCUT2D eigenvalue weighted by atomic mass is 16.5. The average Bonchev–Trinajstić information content (AvgIpc) is 2.70. The molecule has 0 aliphatic carbocycles. The van der Waals surface area contributed by atoms with Gasteiger partial charge in [0.05, 0.1) is 34.1 Å². The van der Waals surface area contributed by atoms with Crippen molar-refractivity contribution in [1.82, 2.24) is 10.7 Å². The number of methoxy groups -OCH3 is 3. The van der Waals surface area contributed by atoms with Crippen molar-refractivity contribution in [3.05, 3.63) is 47.5 Å².